The Morgan fingerprint density at radius 1 is 1.23 bits per heavy atom. The lowest BCUT2D eigenvalue weighted by atomic mass is 10.1. The van der Waals surface area contributed by atoms with Crippen LogP contribution in [-0.4, -0.2) is 66.5 Å². The van der Waals surface area contributed by atoms with Crippen molar-refractivity contribution in [2.45, 2.75) is 25.9 Å². The van der Waals surface area contributed by atoms with Gasteiger partial charge in [-0.2, -0.15) is 9.78 Å². The third kappa shape index (κ3) is 7.02. The number of ether oxygens (including phenoxy) is 1. The number of tetrazole rings is 1. The Bertz CT molecular complexity index is 1460. The van der Waals surface area contributed by atoms with Crippen LogP contribution in [0.4, 0.5) is 10.2 Å². The number of nitrogens with zero attached hydrogens (tertiary/aromatic N) is 7. The lowest BCUT2D eigenvalue weighted by Crippen LogP contribution is -2.40. The summed E-state index contributed by atoms with van der Waals surface area (Å²) in [5, 5.41) is 21.4. The zero-order valence-corrected chi connectivity index (χ0v) is 21.8. The molecule has 3 aromatic heterocycles. The van der Waals surface area contributed by atoms with E-state index in [1.54, 1.807) is 22.9 Å². The number of aryl methyl sites for hydroxylation is 1. The molecule has 14 heteroatoms. The molecule has 12 nitrogen and oxygen atoms in total. The van der Waals surface area contributed by atoms with Crippen molar-refractivity contribution in [3.05, 3.63) is 82.8 Å². The van der Waals surface area contributed by atoms with E-state index in [0.717, 1.165) is 5.69 Å². The van der Waals surface area contributed by atoms with Crippen LogP contribution in [0.5, 0.6) is 0 Å². The zero-order valence-electron chi connectivity index (χ0n) is 21.1. The zero-order chi connectivity index (χ0) is 27.8. The topological polar surface area (TPSA) is 142 Å². The Morgan fingerprint density at radius 3 is 2.74 bits per heavy atom. The van der Waals surface area contributed by atoms with Crippen molar-refractivity contribution in [3.63, 3.8) is 0 Å². The predicted octanol–water partition coefficient (Wildman–Crippen LogP) is 2.71. The molecule has 0 spiro atoms. The number of rotatable bonds is 11. The quantitative estimate of drug-likeness (QED) is 0.212. The van der Waals surface area contributed by atoms with Crippen molar-refractivity contribution < 1.29 is 18.7 Å². The molecule has 4 rings (SSSR count). The molecule has 3 heterocycles. The molecule has 0 aliphatic carbocycles. The first kappa shape index (κ1) is 27.4. The number of halogens is 2. The van der Waals surface area contributed by atoms with Crippen LogP contribution < -0.4 is 10.6 Å². The Morgan fingerprint density at radius 2 is 2.08 bits per heavy atom. The maximum Gasteiger partial charge on any atom is 0.339 e. The first-order valence-electron chi connectivity index (χ1n) is 11.9. The van der Waals surface area contributed by atoms with Crippen molar-refractivity contribution in [1.82, 2.24) is 40.3 Å². The number of aromatic nitrogens is 7. The number of esters is 1. The molecule has 0 aliphatic heterocycles. The second kappa shape index (κ2) is 12.7. The third-order valence-electron chi connectivity index (χ3n) is 5.64. The van der Waals surface area contributed by atoms with E-state index in [9.17, 15) is 14.0 Å². The largest absolute Gasteiger partial charge is 0.465 e. The van der Waals surface area contributed by atoms with Crippen LogP contribution in [0.3, 0.4) is 0 Å². The third-order valence-corrected chi connectivity index (χ3v) is 5.93. The number of anilines is 1. The number of hydrogen-bond donors (Lipinski definition) is 2. The standard InChI is InChI=1S/C25H25ClFN9O3/c1-3-35-11-10-17(32-35)12-18(14-29-22-8-4-16(13-28-22)25(38)39-2)31-23(37)9-5-19-21(36-15-30-33-34-36)7-6-20(26)24(19)27/h4-11,13,15,18H,3,12,14H2,1-2H3,(H,28,29)(H,31,37). The van der Waals surface area contributed by atoms with Crippen molar-refractivity contribution in [3.8, 4) is 5.69 Å². The van der Waals surface area contributed by atoms with Crippen LogP contribution in [0.15, 0.2) is 55.1 Å². The number of carbonyl (C=O) groups is 2. The van der Waals surface area contributed by atoms with Gasteiger partial charge in [-0.1, -0.05) is 11.6 Å². The number of nitrogens with one attached hydrogen (secondary N) is 2. The lowest BCUT2D eigenvalue weighted by molar-refractivity contribution is -0.117. The summed E-state index contributed by atoms with van der Waals surface area (Å²) in [6.45, 7) is 2.98. The summed E-state index contributed by atoms with van der Waals surface area (Å²) in [4.78, 5) is 28.8. The first-order valence-corrected chi connectivity index (χ1v) is 12.3. The van der Waals surface area contributed by atoms with Gasteiger partial charge in [-0.15, -0.1) is 5.10 Å². The highest BCUT2D eigenvalue weighted by Crippen LogP contribution is 2.25. The van der Waals surface area contributed by atoms with Crippen LogP contribution in [0.2, 0.25) is 5.02 Å². The fourth-order valence-electron chi connectivity index (χ4n) is 3.67. The number of pyridine rings is 1. The summed E-state index contributed by atoms with van der Waals surface area (Å²) in [6, 6.07) is 7.62. The molecule has 0 saturated heterocycles. The van der Waals surface area contributed by atoms with E-state index in [1.807, 2.05) is 19.2 Å². The highest BCUT2D eigenvalue weighted by atomic mass is 35.5. The fraction of sp³-hybridized carbons (Fsp3) is 0.240. The summed E-state index contributed by atoms with van der Waals surface area (Å²) in [5.41, 5.74) is 1.47. The van der Waals surface area contributed by atoms with Gasteiger partial charge in [-0.3, -0.25) is 9.48 Å². The molecule has 4 aromatic rings. The average molecular weight is 554 g/mol. The maximum atomic E-state index is 14.8. The van der Waals surface area contributed by atoms with E-state index in [4.69, 9.17) is 11.6 Å². The van der Waals surface area contributed by atoms with Crippen LogP contribution in [-0.2, 0) is 22.5 Å². The van der Waals surface area contributed by atoms with E-state index in [2.05, 4.69) is 41.0 Å². The highest BCUT2D eigenvalue weighted by Gasteiger charge is 2.16. The smallest absolute Gasteiger partial charge is 0.339 e. The van der Waals surface area contributed by atoms with Crippen molar-refractivity contribution >= 4 is 35.4 Å². The molecule has 39 heavy (non-hydrogen) atoms. The molecular weight excluding hydrogens is 529 g/mol. The monoisotopic (exact) mass is 553 g/mol. The van der Waals surface area contributed by atoms with E-state index < -0.39 is 23.7 Å². The molecule has 1 amide bonds. The van der Waals surface area contributed by atoms with Gasteiger partial charge < -0.3 is 15.4 Å². The van der Waals surface area contributed by atoms with Gasteiger partial charge in [0.25, 0.3) is 0 Å². The molecule has 1 atom stereocenters. The fourth-order valence-corrected chi connectivity index (χ4v) is 3.84. The number of hydrogen-bond acceptors (Lipinski definition) is 9. The molecule has 0 radical (unpaired) electrons. The van der Waals surface area contributed by atoms with Crippen molar-refractivity contribution in [2.24, 2.45) is 0 Å². The summed E-state index contributed by atoms with van der Waals surface area (Å²) in [7, 11) is 1.30. The van der Waals surface area contributed by atoms with E-state index in [1.165, 1.54) is 42.5 Å². The van der Waals surface area contributed by atoms with Gasteiger partial charge in [0.2, 0.25) is 5.91 Å². The van der Waals surface area contributed by atoms with Gasteiger partial charge in [0, 0.05) is 43.5 Å². The second-order valence-electron chi connectivity index (χ2n) is 8.26. The number of carbonyl (C=O) groups excluding carboxylic acids is 2. The molecular formula is C25H25ClFN9O3. The molecule has 1 aromatic carbocycles. The molecule has 1 unspecified atom stereocenters. The predicted molar refractivity (Wildman–Crippen MR) is 141 cm³/mol. The minimum Gasteiger partial charge on any atom is -0.465 e. The first-order chi connectivity index (χ1) is 18.9. The number of amides is 1. The van der Waals surface area contributed by atoms with Crippen LogP contribution in [0.25, 0.3) is 11.8 Å². The van der Waals surface area contributed by atoms with Gasteiger partial charge in [0.1, 0.15) is 12.1 Å². The molecule has 0 fully saturated rings. The molecule has 202 valence electrons. The summed E-state index contributed by atoms with van der Waals surface area (Å²) >= 11 is 5.97. The van der Waals surface area contributed by atoms with Crippen LogP contribution >= 0.6 is 11.6 Å². The maximum absolute atomic E-state index is 14.8. The minimum atomic E-state index is -0.710. The molecule has 0 aliphatic rings. The molecule has 0 bridgehead atoms. The van der Waals surface area contributed by atoms with Gasteiger partial charge in [-0.05, 0) is 53.8 Å². The van der Waals surface area contributed by atoms with Gasteiger partial charge in [0.05, 0.1) is 35.1 Å². The van der Waals surface area contributed by atoms with E-state index in [-0.39, 0.29) is 10.6 Å². The van der Waals surface area contributed by atoms with Crippen molar-refractivity contribution in [1.29, 1.82) is 0 Å². The van der Waals surface area contributed by atoms with Gasteiger partial charge in [0.15, 0.2) is 5.82 Å². The SMILES string of the molecule is CCn1ccc(CC(CNc2ccc(C(=O)OC)cn2)NC(=O)C=Cc2c(-n3cnnn3)ccc(Cl)c2F)n1. The van der Waals surface area contributed by atoms with E-state index >= 15 is 0 Å². The van der Waals surface area contributed by atoms with Crippen molar-refractivity contribution in [2.75, 3.05) is 19.0 Å². The number of benzene rings is 1. The average Bonchev–Trinajstić information content (AvgIpc) is 3.65. The Kier molecular flexibility index (Phi) is 8.94. The Hall–Kier alpha value is -4.65. The molecule has 2 N–H and O–H groups in total. The van der Waals surface area contributed by atoms with E-state index in [0.29, 0.717) is 36.6 Å². The summed E-state index contributed by atoms with van der Waals surface area (Å²) in [5.74, 6) is -1.16. The van der Waals surface area contributed by atoms with Gasteiger partial charge in [-0.25, -0.2) is 14.2 Å². The summed E-state index contributed by atoms with van der Waals surface area (Å²) < 4.78 is 22.6. The van der Waals surface area contributed by atoms with Gasteiger partial charge >= 0.3 is 5.97 Å². The molecule has 0 saturated carbocycles. The minimum absolute atomic E-state index is 0.0520. The summed E-state index contributed by atoms with van der Waals surface area (Å²) in [6.07, 6.45) is 7.51. The van der Waals surface area contributed by atoms with Crippen LogP contribution in [0.1, 0.15) is 28.5 Å². The number of methoxy groups -OCH3 is 1. The van der Waals surface area contributed by atoms with Crippen LogP contribution in [0, 0.1) is 5.82 Å². The Labute approximate surface area is 227 Å². The second-order valence-corrected chi connectivity index (χ2v) is 8.67. The highest BCUT2D eigenvalue weighted by molar-refractivity contribution is 6.31. The normalized spacial score (nSPS) is 11.9. The lowest BCUT2D eigenvalue weighted by Gasteiger charge is -2.18. The Balaban J connectivity index is 1.49.